The zero-order valence-corrected chi connectivity index (χ0v) is 13.0. The number of nitro benzene ring substituents is 1. The number of hydrogen-bond donors (Lipinski definition) is 1. The Hall–Kier alpha value is -2.41. The number of nitro groups is 1. The zero-order valence-electron chi connectivity index (χ0n) is 10.8. The third-order valence-corrected chi connectivity index (χ3v) is 3.37. The van der Waals surface area contributed by atoms with Crippen molar-refractivity contribution in [2.24, 2.45) is 0 Å². The van der Waals surface area contributed by atoms with E-state index in [2.05, 4.69) is 10.3 Å². The van der Waals surface area contributed by atoms with Gasteiger partial charge in [-0.15, -0.1) is 0 Å². The van der Waals surface area contributed by atoms with E-state index in [0.29, 0.717) is 9.32 Å². The fourth-order valence-corrected chi connectivity index (χ4v) is 2.33. The van der Waals surface area contributed by atoms with Crippen molar-refractivity contribution in [1.29, 1.82) is 5.26 Å². The van der Waals surface area contributed by atoms with Crippen molar-refractivity contribution < 1.29 is 9.66 Å². The molecule has 2 aromatic rings. The average Bonchev–Trinajstić information content (AvgIpc) is 2.49. The first-order chi connectivity index (χ1) is 10.0. The molecule has 0 atom stereocenters. The first-order valence-electron chi connectivity index (χ1n) is 5.74. The molecule has 1 aromatic carbocycles. The lowest BCUT2D eigenvalue weighted by Crippen LogP contribution is -1.98. The zero-order chi connectivity index (χ0) is 15.4. The normalized spacial score (nSPS) is 9.76. The van der Waals surface area contributed by atoms with E-state index in [1.807, 2.05) is 28.7 Å². The van der Waals surface area contributed by atoms with Crippen LogP contribution in [0.25, 0.3) is 0 Å². The minimum absolute atomic E-state index is 0.0923. The lowest BCUT2D eigenvalue weighted by Gasteiger charge is -2.09. The molecular weight excluding hydrogens is 387 g/mol. The molecule has 0 aliphatic heterocycles. The number of hydrogen-bond acceptors (Lipinski definition) is 6. The molecule has 0 unspecified atom stereocenters. The van der Waals surface area contributed by atoms with Crippen molar-refractivity contribution in [3.05, 3.63) is 49.8 Å². The third-order valence-electron chi connectivity index (χ3n) is 2.57. The summed E-state index contributed by atoms with van der Waals surface area (Å²) in [5.41, 5.74) is 0.674. The van der Waals surface area contributed by atoms with E-state index in [1.165, 1.54) is 18.3 Å². The molecule has 0 amide bonds. The number of pyridine rings is 1. The van der Waals surface area contributed by atoms with Gasteiger partial charge in [0.1, 0.15) is 5.75 Å². The molecule has 0 aliphatic carbocycles. The first kappa shape index (κ1) is 15.0. The molecule has 0 bridgehead atoms. The second kappa shape index (κ2) is 6.36. The molecule has 1 heterocycles. The fraction of sp³-hybridized carbons (Fsp3) is 0.0769. The number of rotatable bonds is 4. The van der Waals surface area contributed by atoms with Gasteiger partial charge in [-0.3, -0.25) is 15.1 Å². The van der Waals surface area contributed by atoms with Gasteiger partial charge in [0.15, 0.2) is 0 Å². The highest BCUT2D eigenvalue weighted by molar-refractivity contribution is 14.1. The maximum atomic E-state index is 11.1. The molecule has 8 heteroatoms. The Morgan fingerprint density at radius 3 is 2.81 bits per heavy atom. The van der Waals surface area contributed by atoms with Crippen LogP contribution in [0.2, 0.25) is 0 Å². The number of nitrogens with zero attached hydrogens (tertiary/aromatic N) is 3. The Balaban J connectivity index is 2.48. The Kier molecular flexibility index (Phi) is 4.54. The van der Waals surface area contributed by atoms with Crippen LogP contribution in [-0.4, -0.2) is 17.0 Å². The average molecular weight is 396 g/mol. The fourth-order valence-electron chi connectivity index (χ4n) is 1.61. The quantitative estimate of drug-likeness (QED) is 0.484. The van der Waals surface area contributed by atoms with Crippen LogP contribution in [0.4, 0.5) is 11.4 Å². The highest BCUT2D eigenvalue weighted by atomic mass is 127. The summed E-state index contributed by atoms with van der Waals surface area (Å²) in [5, 5.41) is 22.9. The van der Waals surface area contributed by atoms with Crippen LogP contribution in [0, 0.1) is 25.0 Å². The van der Waals surface area contributed by atoms with Gasteiger partial charge in [-0.25, -0.2) is 0 Å². The summed E-state index contributed by atoms with van der Waals surface area (Å²) in [6.07, 6.45) is 3.06. The Morgan fingerprint density at radius 1 is 1.43 bits per heavy atom. The molecule has 0 saturated heterocycles. The lowest BCUT2D eigenvalue weighted by molar-refractivity contribution is -0.385. The van der Waals surface area contributed by atoms with E-state index < -0.39 is 4.92 Å². The smallest absolute Gasteiger partial charge is 0.314 e. The molecule has 2 rings (SSSR count). The lowest BCUT2D eigenvalue weighted by atomic mass is 10.2. The second-order valence-corrected chi connectivity index (χ2v) is 5.10. The third kappa shape index (κ3) is 3.38. The van der Waals surface area contributed by atoms with Crippen molar-refractivity contribution in [1.82, 2.24) is 4.98 Å². The van der Waals surface area contributed by atoms with Gasteiger partial charge in [-0.2, -0.15) is 5.26 Å². The molecular formula is C13H9IN4O3. The van der Waals surface area contributed by atoms with Crippen LogP contribution < -0.4 is 10.1 Å². The number of aromatic nitrogens is 1. The van der Waals surface area contributed by atoms with Crippen LogP contribution >= 0.6 is 22.6 Å². The highest BCUT2D eigenvalue weighted by Gasteiger charge is 2.21. The van der Waals surface area contributed by atoms with Crippen molar-refractivity contribution >= 4 is 34.0 Å². The van der Waals surface area contributed by atoms with Gasteiger partial charge >= 0.3 is 5.69 Å². The number of ether oxygens (including phenoxy) is 1. The summed E-state index contributed by atoms with van der Waals surface area (Å²) in [4.78, 5) is 14.5. The summed E-state index contributed by atoms with van der Waals surface area (Å²) < 4.78 is 6.06. The van der Waals surface area contributed by atoms with Gasteiger partial charge in [-0.05, 0) is 28.7 Å². The summed E-state index contributed by atoms with van der Waals surface area (Å²) >= 11 is 1.90. The SMILES string of the molecule is CNc1cncc(Oc2c(I)cc(C#N)cc2[N+](=O)[O-])c1. The summed E-state index contributed by atoms with van der Waals surface area (Å²) in [7, 11) is 1.73. The number of halogens is 1. The summed E-state index contributed by atoms with van der Waals surface area (Å²) in [6, 6.07) is 6.27. The Labute approximate surface area is 133 Å². The number of benzene rings is 1. The molecule has 7 nitrogen and oxygen atoms in total. The van der Waals surface area contributed by atoms with Gasteiger partial charge in [0.05, 0.1) is 38.2 Å². The highest BCUT2D eigenvalue weighted by Crippen LogP contribution is 2.37. The molecule has 106 valence electrons. The van der Waals surface area contributed by atoms with Crippen molar-refractivity contribution in [2.45, 2.75) is 0 Å². The van der Waals surface area contributed by atoms with Crippen LogP contribution in [0.5, 0.6) is 11.5 Å². The maximum Gasteiger partial charge on any atom is 0.314 e. The largest absolute Gasteiger partial charge is 0.447 e. The molecule has 0 radical (unpaired) electrons. The first-order valence-corrected chi connectivity index (χ1v) is 6.81. The Bertz CT molecular complexity index is 743. The van der Waals surface area contributed by atoms with Crippen LogP contribution in [-0.2, 0) is 0 Å². The van der Waals surface area contributed by atoms with E-state index in [-0.39, 0.29) is 17.0 Å². The van der Waals surface area contributed by atoms with Gasteiger partial charge in [0, 0.05) is 19.2 Å². The van der Waals surface area contributed by atoms with Crippen LogP contribution in [0.3, 0.4) is 0 Å². The molecule has 1 N–H and O–H groups in total. The topological polar surface area (TPSA) is 101 Å². The molecule has 0 aliphatic rings. The molecule has 21 heavy (non-hydrogen) atoms. The van der Waals surface area contributed by atoms with E-state index >= 15 is 0 Å². The van der Waals surface area contributed by atoms with Crippen LogP contribution in [0.15, 0.2) is 30.6 Å². The number of anilines is 1. The van der Waals surface area contributed by atoms with Gasteiger partial charge in [0.25, 0.3) is 0 Å². The van der Waals surface area contributed by atoms with Crippen molar-refractivity contribution in [2.75, 3.05) is 12.4 Å². The summed E-state index contributed by atoms with van der Waals surface area (Å²) in [5.74, 6) is 0.460. The van der Waals surface area contributed by atoms with E-state index in [0.717, 1.165) is 5.69 Å². The predicted molar refractivity (Wildman–Crippen MR) is 84.4 cm³/mol. The molecule has 0 saturated carbocycles. The van der Waals surface area contributed by atoms with Crippen LogP contribution in [0.1, 0.15) is 5.56 Å². The van der Waals surface area contributed by atoms with Gasteiger partial charge in [-0.1, -0.05) is 0 Å². The van der Waals surface area contributed by atoms with E-state index in [1.54, 1.807) is 19.3 Å². The van der Waals surface area contributed by atoms with Crippen molar-refractivity contribution in [3.63, 3.8) is 0 Å². The minimum atomic E-state index is -0.576. The number of nitriles is 1. The predicted octanol–water partition coefficient (Wildman–Crippen LogP) is 3.30. The monoisotopic (exact) mass is 396 g/mol. The van der Waals surface area contributed by atoms with Gasteiger partial charge in [0.2, 0.25) is 5.75 Å². The van der Waals surface area contributed by atoms with Gasteiger partial charge < -0.3 is 10.1 Å². The molecule has 1 aromatic heterocycles. The number of nitrogens with one attached hydrogen (secondary N) is 1. The standard InChI is InChI=1S/C13H9IN4O3/c1-16-9-4-10(7-17-6-9)21-13-11(14)2-8(5-15)3-12(13)18(19)20/h2-4,6-7,16H,1H3. The Morgan fingerprint density at radius 2 is 2.19 bits per heavy atom. The molecule has 0 spiro atoms. The van der Waals surface area contributed by atoms with Crippen molar-refractivity contribution in [3.8, 4) is 17.6 Å². The second-order valence-electron chi connectivity index (χ2n) is 3.94. The van der Waals surface area contributed by atoms with E-state index in [4.69, 9.17) is 10.00 Å². The molecule has 0 fully saturated rings. The minimum Gasteiger partial charge on any atom is -0.447 e. The maximum absolute atomic E-state index is 11.1. The van der Waals surface area contributed by atoms with E-state index in [9.17, 15) is 10.1 Å². The summed E-state index contributed by atoms with van der Waals surface area (Å²) in [6.45, 7) is 0.